The molecule has 0 amide bonds. The van der Waals surface area contributed by atoms with E-state index in [1.165, 1.54) is 12.3 Å². The lowest BCUT2D eigenvalue weighted by atomic mass is 10.0. The quantitative estimate of drug-likeness (QED) is 0.705. The minimum Gasteiger partial charge on any atom is -0.256 e. The number of hydrogen-bond acceptors (Lipinski definition) is 2. The van der Waals surface area contributed by atoms with Crippen LogP contribution in [0.2, 0.25) is 0 Å². The third-order valence-corrected chi connectivity index (χ3v) is 3.25. The summed E-state index contributed by atoms with van der Waals surface area (Å²) in [4.78, 5) is 7.75. The van der Waals surface area contributed by atoms with Crippen LogP contribution in [0, 0.1) is 0 Å². The minimum atomic E-state index is -4.40. The summed E-state index contributed by atoms with van der Waals surface area (Å²) >= 11 is 0. The predicted octanol–water partition coefficient (Wildman–Crippen LogP) is 4.24. The number of fused-ring (bicyclic) bond motifs is 1. The molecular weight excluding hydrogens is 277 g/mol. The van der Waals surface area contributed by atoms with Crippen LogP contribution in [0.25, 0.3) is 10.9 Å². The molecule has 0 spiro atoms. The van der Waals surface area contributed by atoms with Gasteiger partial charge >= 0.3 is 6.18 Å². The maximum atomic E-state index is 12.5. The molecule has 0 bridgehead atoms. The second-order valence-corrected chi connectivity index (χ2v) is 4.71. The van der Waals surface area contributed by atoms with Crippen LogP contribution >= 0.6 is 0 Å². The van der Waals surface area contributed by atoms with Gasteiger partial charge < -0.3 is 0 Å². The summed E-state index contributed by atoms with van der Waals surface area (Å²) in [6.45, 7) is 0. The Morgan fingerprint density at radius 1 is 0.905 bits per heavy atom. The molecular formula is C16H11F3N2. The molecule has 2 heterocycles. The molecule has 1 aromatic carbocycles. The number of benzene rings is 1. The Labute approximate surface area is 119 Å². The molecule has 0 fully saturated rings. The standard InChI is InChI=1S/C16H11F3N2/c17-16(18,19)15-6-5-11(10-21-15)9-12-7-8-20-14-4-2-1-3-13(12)14/h1-8,10H,9H2. The van der Waals surface area contributed by atoms with Gasteiger partial charge in [0.05, 0.1) is 5.52 Å². The lowest BCUT2D eigenvalue weighted by molar-refractivity contribution is -0.141. The lowest BCUT2D eigenvalue weighted by Gasteiger charge is -2.08. The summed E-state index contributed by atoms with van der Waals surface area (Å²) in [5, 5.41) is 1.000. The summed E-state index contributed by atoms with van der Waals surface area (Å²) < 4.78 is 37.5. The largest absolute Gasteiger partial charge is 0.433 e. The number of pyridine rings is 2. The van der Waals surface area contributed by atoms with Crippen molar-refractivity contribution in [3.63, 3.8) is 0 Å². The van der Waals surface area contributed by atoms with Gasteiger partial charge in [0.25, 0.3) is 0 Å². The SMILES string of the molecule is FC(F)(F)c1ccc(Cc2ccnc3ccccc23)cn1. The third kappa shape index (κ3) is 2.86. The number of alkyl halides is 3. The van der Waals surface area contributed by atoms with E-state index in [4.69, 9.17) is 0 Å². The van der Waals surface area contributed by atoms with Crippen LogP contribution in [0.4, 0.5) is 13.2 Å². The average Bonchev–Trinajstić information content (AvgIpc) is 2.47. The summed E-state index contributed by atoms with van der Waals surface area (Å²) in [5.74, 6) is 0. The van der Waals surface area contributed by atoms with Gasteiger partial charge in [0.1, 0.15) is 5.69 Å². The van der Waals surface area contributed by atoms with E-state index < -0.39 is 11.9 Å². The lowest BCUT2D eigenvalue weighted by Crippen LogP contribution is -2.07. The van der Waals surface area contributed by atoms with Gasteiger partial charge in [0, 0.05) is 17.8 Å². The summed E-state index contributed by atoms with van der Waals surface area (Å²) in [7, 11) is 0. The van der Waals surface area contributed by atoms with E-state index in [2.05, 4.69) is 9.97 Å². The molecule has 0 aliphatic carbocycles. The van der Waals surface area contributed by atoms with Gasteiger partial charge in [-0.15, -0.1) is 0 Å². The van der Waals surface area contributed by atoms with Gasteiger partial charge in [-0.1, -0.05) is 24.3 Å². The zero-order valence-electron chi connectivity index (χ0n) is 10.9. The Morgan fingerprint density at radius 2 is 1.71 bits per heavy atom. The fourth-order valence-electron chi connectivity index (χ4n) is 2.23. The van der Waals surface area contributed by atoms with E-state index in [0.717, 1.165) is 28.1 Å². The van der Waals surface area contributed by atoms with E-state index in [9.17, 15) is 13.2 Å². The molecule has 5 heteroatoms. The first-order valence-corrected chi connectivity index (χ1v) is 6.39. The molecule has 21 heavy (non-hydrogen) atoms. The summed E-state index contributed by atoms with van der Waals surface area (Å²) in [6.07, 6.45) is -0.900. The first-order valence-electron chi connectivity index (χ1n) is 6.39. The highest BCUT2D eigenvalue weighted by molar-refractivity contribution is 5.82. The molecule has 3 aromatic rings. The van der Waals surface area contributed by atoms with Crippen molar-refractivity contribution in [1.29, 1.82) is 0 Å². The predicted molar refractivity (Wildman–Crippen MR) is 73.8 cm³/mol. The highest BCUT2D eigenvalue weighted by atomic mass is 19.4. The second-order valence-electron chi connectivity index (χ2n) is 4.71. The van der Waals surface area contributed by atoms with Crippen LogP contribution in [-0.4, -0.2) is 9.97 Å². The number of aromatic nitrogens is 2. The number of rotatable bonds is 2. The van der Waals surface area contributed by atoms with E-state index in [1.807, 2.05) is 30.3 Å². The number of para-hydroxylation sites is 1. The molecule has 0 unspecified atom stereocenters. The van der Waals surface area contributed by atoms with Crippen molar-refractivity contribution in [3.05, 3.63) is 71.7 Å². The normalized spacial score (nSPS) is 11.8. The van der Waals surface area contributed by atoms with Crippen molar-refractivity contribution >= 4 is 10.9 Å². The van der Waals surface area contributed by atoms with Gasteiger partial charge in [0.15, 0.2) is 0 Å². The Balaban J connectivity index is 1.92. The number of halogens is 3. The number of nitrogens with zero attached hydrogens (tertiary/aromatic N) is 2. The zero-order valence-corrected chi connectivity index (χ0v) is 10.9. The van der Waals surface area contributed by atoms with Crippen molar-refractivity contribution < 1.29 is 13.2 Å². The first kappa shape index (κ1) is 13.5. The van der Waals surface area contributed by atoms with Crippen molar-refractivity contribution in [2.75, 3.05) is 0 Å². The van der Waals surface area contributed by atoms with Gasteiger partial charge in [0.2, 0.25) is 0 Å². The summed E-state index contributed by atoms with van der Waals surface area (Å²) in [6, 6.07) is 12.0. The van der Waals surface area contributed by atoms with Crippen LogP contribution in [0.3, 0.4) is 0 Å². The first-order chi connectivity index (χ1) is 10.0. The Kier molecular flexibility index (Phi) is 3.33. The smallest absolute Gasteiger partial charge is 0.256 e. The van der Waals surface area contributed by atoms with Crippen LogP contribution < -0.4 is 0 Å². The van der Waals surface area contributed by atoms with Crippen molar-refractivity contribution in [2.45, 2.75) is 12.6 Å². The molecule has 2 nitrogen and oxygen atoms in total. The van der Waals surface area contributed by atoms with Crippen LogP contribution in [0.15, 0.2) is 54.9 Å². The van der Waals surface area contributed by atoms with Gasteiger partial charge in [-0.2, -0.15) is 13.2 Å². The minimum absolute atomic E-state index is 0.522. The topological polar surface area (TPSA) is 25.8 Å². The maximum absolute atomic E-state index is 12.5. The Morgan fingerprint density at radius 3 is 2.43 bits per heavy atom. The molecule has 0 radical (unpaired) electrons. The highest BCUT2D eigenvalue weighted by Gasteiger charge is 2.31. The summed E-state index contributed by atoms with van der Waals surface area (Å²) in [5.41, 5.74) is 1.75. The van der Waals surface area contributed by atoms with E-state index in [0.29, 0.717) is 6.42 Å². The van der Waals surface area contributed by atoms with Gasteiger partial charge in [-0.25, -0.2) is 0 Å². The maximum Gasteiger partial charge on any atom is 0.433 e. The van der Waals surface area contributed by atoms with E-state index >= 15 is 0 Å². The third-order valence-electron chi connectivity index (χ3n) is 3.25. The molecule has 0 aliphatic rings. The molecule has 0 saturated carbocycles. The van der Waals surface area contributed by atoms with Gasteiger partial charge in [-0.05, 0) is 35.7 Å². The van der Waals surface area contributed by atoms with Crippen LogP contribution in [0.5, 0.6) is 0 Å². The monoisotopic (exact) mass is 288 g/mol. The molecule has 0 N–H and O–H groups in total. The van der Waals surface area contributed by atoms with Crippen molar-refractivity contribution in [1.82, 2.24) is 9.97 Å². The fraction of sp³-hybridized carbons (Fsp3) is 0.125. The highest BCUT2D eigenvalue weighted by Crippen LogP contribution is 2.27. The van der Waals surface area contributed by atoms with Crippen LogP contribution in [-0.2, 0) is 12.6 Å². The Bertz CT molecular complexity index is 759. The molecule has 106 valence electrons. The average molecular weight is 288 g/mol. The molecule has 3 rings (SSSR count). The molecule has 2 aromatic heterocycles. The Hall–Kier alpha value is -2.43. The van der Waals surface area contributed by atoms with Crippen LogP contribution in [0.1, 0.15) is 16.8 Å². The molecule has 0 aliphatic heterocycles. The fourth-order valence-corrected chi connectivity index (χ4v) is 2.23. The zero-order chi connectivity index (χ0) is 14.9. The van der Waals surface area contributed by atoms with E-state index in [-0.39, 0.29) is 0 Å². The van der Waals surface area contributed by atoms with E-state index in [1.54, 1.807) is 6.20 Å². The second kappa shape index (κ2) is 5.16. The van der Waals surface area contributed by atoms with Crippen molar-refractivity contribution in [3.8, 4) is 0 Å². The molecule has 0 atom stereocenters. The molecule has 0 saturated heterocycles. The van der Waals surface area contributed by atoms with Gasteiger partial charge in [-0.3, -0.25) is 9.97 Å². The van der Waals surface area contributed by atoms with Crippen molar-refractivity contribution in [2.24, 2.45) is 0 Å². The number of hydrogen-bond donors (Lipinski definition) is 0.